The van der Waals surface area contributed by atoms with E-state index < -0.39 is 0 Å². The highest BCUT2D eigenvalue weighted by Crippen LogP contribution is 2.24. The Morgan fingerprint density at radius 3 is 2.06 bits per heavy atom. The summed E-state index contributed by atoms with van der Waals surface area (Å²) in [5.41, 5.74) is 4.16. The van der Waals surface area contributed by atoms with E-state index in [1.807, 2.05) is 53.4 Å². The Balaban J connectivity index is 1.32. The number of amides is 2. The number of halogens is 2. The highest BCUT2D eigenvalue weighted by Gasteiger charge is 2.22. The summed E-state index contributed by atoms with van der Waals surface area (Å²) in [4.78, 5) is 29.4. The number of hydrogen-bond acceptors (Lipinski definition) is 3. The van der Waals surface area contributed by atoms with Crippen molar-refractivity contribution in [1.82, 2.24) is 4.90 Å². The summed E-state index contributed by atoms with van der Waals surface area (Å²) in [5.74, 6) is -0.168. The first-order valence-corrected chi connectivity index (χ1v) is 11.7. The average Bonchev–Trinajstić information content (AvgIpc) is 2.86. The first-order chi connectivity index (χ1) is 15.9. The number of carbonyl (C=O) groups is 2. The van der Waals surface area contributed by atoms with Gasteiger partial charge < -0.3 is 15.1 Å². The lowest BCUT2D eigenvalue weighted by Gasteiger charge is -2.36. The fourth-order valence-corrected chi connectivity index (χ4v) is 4.13. The van der Waals surface area contributed by atoms with Crippen molar-refractivity contribution in [3.63, 3.8) is 0 Å². The zero-order chi connectivity index (χ0) is 23.4. The Bertz CT molecular complexity index is 1140. The Labute approximate surface area is 203 Å². The Morgan fingerprint density at radius 1 is 0.818 bits per heavy atom. The predicted molar refractivity (Wildman–Crippen MR) is 135 cm³/mol. The first-order valence-electron chi connectivity index (χ1n) is 10.9. The average molecular weight is 482 g/mol. The van der Waals surface area contributed by atoms with Crippen LogP contribution in [0.25, 0.3) is 0 Å². The van der Waals surface area contributed by atoms with Crippen molar-refractivity contribution in [2.75, 3.05) is 36.4 Å². The van der Waals surface area contributed by atoms with Crippen molar-refractivity contribution in [3.8, 4) is 0 Å². The third-order valence-electron chi connectivity index (χ3n) is 5.85. The molecule has 0 unspecified atom stereocenters. The maximum atomic E-state index is 12.8. The van der Waals surface area contributed by atoms with Gasteiger partial charge in [-0.1, -0.05) is 42.3 Å². The van der Waals surface area contributed by atoms with Crippen LogP contribution in [0.1, 0.15) is 33.2 Å². The van der Waals surface area contributed by atoms with Gasteiger partial charge in [0.1, 0.15) is 0 Å². The van der Waals surface area contributed by atoms with E-state index in [-0.39, 0.29) is 11.8 Å². The van der Waals surface area contributed by atoms with Crippen LogP contribution in [0, 0.1) is 0 Å². The number of carbonyl (C=O) groups excluding carboxylic acids is 2. The molecule has 0 aliphatic carbocycles. The number of aryl methyl sites for hydroxylation is 1. The lowest BCUT2D eigenvalue weighted by molar-refractivity contribution is 0.0746. The number of nitrogens with one attached hydrogen (secondary N) is 1. The molecule has 1 heterocycles. The third kappa shape index (κ3) is 5.49. The quantitative estimate of drug-likeness (QED) is 0.503. The van der Waals surface area contributed by atoms with Gasteiger partial charge in [-0.25, -0.2) is 0 Å². The van der Waals surface area contributed by atoms with Crippen LogP contribution in [-0.4, -0.2) is 42.9 Å². The molecule has 3 aromatic carbocycles. The topological polar surface area (TPSA) is 52.7 Å². The molecule has 7 heteroatoms. The highest BCUT2D eigenvalue weighted by atomic mass is 35.5. The normalized spacial score (nSPS) is 13.7. The molecule has 5 nitrogen and oxygen atoms in total. The fraction of sp³-hybridized carbons (Fsp3) is 0.231. The molecule has 0 bridgehead atoms. The third-order valence-corrected chi connectivity index (χ3v) is 6.59. The van der Waals surface area contributed by atoms with Crippen LogP contribution in [0.3, 0.4) is 0 Å². The Morgan fingerprint density at radius 2 is 1.45 bits per heavy atom. The Kier molecular flexibility index (Phi) is 7.21. The van der Waals surface area contributed by atoms with Gasteiger partial charge in [0.15, 0.2) is 0 Å². The number of hydrogen-bond donors (Lipinski definition) is 1. The first kappa shape index (κ1) is 23.1. The summed E-state index contributed by atoms with van der Waals surface area (Å²) in [7, 11) is 0. The molecular formula is C26H25Cl2N3O2. The maximum Gasteiger partial charge on any atom is 0.255 e. The van der Waals surface area contributed by atoms with Crippen molar-refractivity contribution in [1.29, 1.82) is 0 Å². The SMILES string of the molecule is CCc1ccc(C(=O)N2CCN(c3ccc(NC(=O)c4ccc(Cl)c(Cl)c4)cc3)CC2)cc1. The largest absolute Gasteiger partial charge is 0.368 e. The van der Waals surface area contributed by atoms with Gasteiger partial charge >= 0.3 is 0 Å². The van der Waals surface area contributed by atoms with Gasteiger partial charge in [-0.05, 0) is 66.6 Å². The summed E-state index contributed by atoms with van der Waals surface area (Å²) >= 11 is 11.9. The molecular weight excluding hydrogens is 457 g/mol. The van der Waals surface area contributed by atoms with Crippen LogP contribution in [0.2, 0.25) is 10.0 Å². The molecule has 1 N–H and O–H groups in total. The van der Waals surface area contributed by atoms with E-state index in [2.05, 4.69) is 17.1 Å². The molecule has 0 saturated carbocycles. The van der Waals surface area contributed by atoms with Gasteiger partial charge in [0.2, 0.25) is 0 Å². The fourth-order valence-electron chi connectivity index (χ4n) is 3.83. The second-order valence-electron chi connectivity index (χ2n) is 7.96. The molecule has 33 heavy (non-hydrogen) atoms. The molecule has 1 aliphatic heterocycles. The van der Waals surface area contributed by atoms with E-state index in [1.165, 1.54) is 5.56 Å². The molecule has 0 atom stereocenters. The second-order valence-corrected chi connectivity index (χ2v) is 8.77. The lowest BCUT2D eigenvalue weighted by Crippen LogP contribution is -2.48. The van der Waals surface area contributed by atoms with Crippen LogP contribution in [0.4, 0.5) is 11.4 Å². The van der Waals surface area contributed by atoms with Gasteiger partial charge in [0.25, 0.3) is 11.8 Å². The number of rotatable bonds is 5. The van der Waals surface area contributed by atoms with E-state index in [1.54, 1.807) is 18.2 Å². The van der Waals surface area contributed by atoms with Crippen molar-refractivity contribution in [3.05, 3.63) is 93.5 Å². The minimum Gasteiger partial charge on any atom is -0.368 e. The number of benzene rings is 3. The van der Waals surface area contributed by atoms with Crippen LogP contribution in [0.15, 0.2) is 66.7 Å². The van der Waals surface area contributed by atoms with Crippen molar-refractivity contribution in [2.45, 2.75) is 13.3 Å². The molecule has 3 aromatic rings. The van der Waals surface area contributed by atoms with Gasteiger partial charge in [0, 0.05) is 48.7 Å². The van der Waals surface area contributed by atoms with Gasteiger partial charge in [0.05, 0.1) is 10.0 Å². The second kappa shape index (κ2) is 10.3. The molecule has 4 rings (SSSR count). The van der Waals surface area contributed by atoms with Crippen LogP contribution in [0.5, 0.6) is 0 Å². The molecule has 170 valence electrons. The minimum atomic E-state index is -0.250. The molecule has 0 spiro atoms. The number of anilines is 2. The predicted octanol–water partition coefficient (Wildman–Crippen LogP) is 5.77. The van der Waals surface area contributed by atoms with Crippen LogP contribution in [-0.2, 0) is 6.42 Å². The molecule has 1 aliphatic rings. The summed E-state index contributed by atoms with van der Waals surface area (Å²) in [6.07, 6.45) is 0.963. The van der Waals surface area contributed by atoms with E-state index in [0.29, 0.717) is 34.4 Å². The van der Waals surface area contributed by atoms with Crippen LogP contribution >= 0.6 is 23.2 Å². The molecule has 0 radical (unpaired) electrons. The standard InChI is InChI=1S/C26H25Cl2N3O2/c1-2-18-3-5-19(6-4-18)26(33)31-15-13-30(14-16-31)22-10-8-21(9-11-22)29-25(32)20-7-12-23(27)24(28)17-20/h3-12,17H,2,13-16H2,1H3,(H,29,32). The maximum absolute atomic E-state index is 12.8. The lowest BCUT2D eigenvalue weighted by atomic mass is 10.1. The van der Waals surface area contributed by atoms with E-state index in [9.17, 15) is 9.59 Å². The summed E-state index contributed by atoms with van der Waals surface area (Å²) < 4.78 is 0. The van der Waals surface area contributed by atoms with E-state index in [0.717, 1.165) is 30.8 Å². The Hall–Kier alpha value is -3.02. The zero-order valence-electron chi connectivity index (χ0n) is 18.4. The van der Waals surface area contributed by atoms with Gasteiger partial charge in [-0.3, -0.25) is 9.59 Å². The number of piperazine rings is 1. The zero-order valence-corrected chi connectivity index (χ0v) is 19.9. The van der Waals surface area contributed by atoms with Crippen molar-refractivity contribution in [2.24, 2.45) is 0 Å². The minimum absolute atomic E-state index is 0.0812. The van der Waals surface area contributed by atoms with E-state index in [4.69, 9.17) is 23.2 Å². The smallest absolute Gasteiger partial charge is 0.255 e. The molecule has 1 saturated heterocycles. The molecule has 1 fully saturated rings. The molecule has 2 amide bonds. The van der Waals surface area contributed by atoms with Gasteiger partial charge in [-0.15, -0.1) is 0 Å². The highest BCUT2D eigenvalue weighted by molar-refractivity contribution is 6.42. The molecule has 0 aromatic heterocycles. The van der Waals surface area contributed by atoms with Crippen molar-refractivity contribution >= 4 is 46.4 Å². The monoisotopic (exact) mass is 481 g/mol. The summed E-state index contributed by atoms with van der Waals surface area (Å²) in [5, 5.41) is 3.62. The summed E-state index contributed by atoms with van der Waals surface area (Å²) in [6.45, 7) is 4.96. The van der Waals surface area contributed by atoms with Gasteiger partial charge in [-0.2, -0.15) is 0 Å². The van der Waals surface area contributed by atoms with Crippen molar-refractivity contribution < 1.29 is 9.59 Å². The number of nitrogens with zero attached hydrogens (tertiary/aromatic N) is 2. The summed E-state index contributed by atoms with van der Waals surface area (Å²) in [6, 6.07) is 20.4. The van der Waals surface area contributed by atoms with Crippen LogP contribution < -0.4 is 10.2 Å². The van der Waals surface area contributed by atoms with E-state index >= 15 is 0 Å².